The lowest BCUT2D eigenvalue weighted by Crippen LogP contribution is -2.25. The zero-order valence-electron chi connectivity index (χ0n) is 20.9. The quantitative estimate of drug-likeness (QED) is 0.130. The lowest BCUT2D eigenvalue weighted by molar-refractivity contribution is -0.139. The Kier molecular flexibility index (Phi) is 18.2. The second kappa shape index (κ2) is 21.0. The third kappa shape index (κ3) is 17.9. The highest BCUT2D eigenvalue weighted by atomic mass is 16.7. The molecule has 0 aliphatic carbocycles. The largest absolute Gasteiger partial charge is 0.516 e. The molecule has 0 aliphatic rings. The molecule has 0 radical (unpaired) electrons. The molecule has 0 atom stereocenters. The number of rotatable bonds is 19. The fourth-order valence-electron chi connectivity index (χ4n) is 3.59. The molecule has 0 aliphatic heterocycles. The van der Waals surface area contributed by atoms with Gasteiger partial charge >= 0.3 is 18.2 Å². The molecule has 1 amide bonds. The summed E-state index contributed by atoms with van der Waals surface area (Å²) < 4.78 is 14.3. The molecule has 1 rings (SSSR count). The normalized spacial score (nSPS) is 10.5. The van der Waals surface area contributed by atoms with Crippen LogP contribution in [0, 0.1) is 0 Å². The van der Waals surface area contributed by atoms with Crippen LogP contribution in [-0.4, -0.2) is 31.4 Å². The van der Waals surface area contributed by atoms with Gasteiger partial charge in [-0.3, -0.25) is 4.79 Å². The average Bonchev–Trinajstić information content (AvgIpc) is 2.83. The van der Waals surface area contributed by atoms with Crippen LogP contribution in [-0.2, 0) is 25.6 Å². The molecule has 7 heteroatoms. The number of hydrogen-bond donors (Lipinski definition) is 1. The SMILES string of the molecule is CCOC(=O)OC(=O)CCCCCCCCCCCCCCCNC(=O)OCc1ccccc1. The molecule has 1 aromatic carbocycles. The van der Waals surface area contributed by atoms with Crippen LogP contribution < -0.4 is 5.32 Å². The first-order valence-electron chi connectivity index (χ1n) is 12.9. The molecule has 0 bridgehead atoms. The van der Waals surface area contributed by atoms with Crippen molar-refractivity contribution >= 4 is 18.2 Å². The van der Waals surface area contributed by atoms with Gasteiger partial charge in [-0.05, 0) is 25.3 Å². The summed E-state index contributed by atoms with van der Waals surface area (Å²) in [7, 11) is 0. The van der Waals surface area contributed by atoms with Crippen LogP contribution in [0.2, 0.25) is 0 Å². The maximum absolute atomic E-state index is 11.7. The Morgan fingerprint density at radius 3 is 1.79 bits per heavy atom. The van der Waals surface area contributed by atoms with E-state index in [4.69, 9.17) is 4.74 Å². The minimum absolute atomic E-state index is 0.208. The van der Waals surface area contributed by atoms with Crippen molar-refractivity contribution in [1.29, 1.82) is 0 Å². The Morgan fingerprint density at radius 2 is 1.24 bits per heavy atom. The molecule has 0 saturated heterocycles. The van der Waals surface area contributed by atoms with Gasteiger partial charge in [-0.15, -0.1) is 0 Å². The van der Waals surface area contributed by atoms with E-state index >= 15 is 0 Å². The number of hydrogen-bond acceptors (Lipinski definition) is 6. The molecule has 192 valence electrons. The second-order valence-electron chi connectivity index (χ2n) is 8.49. The third-order valence-corrected chi connectivity index (χ3v) is 5.50. The summed E-state index contributed by atoms with van der Waals surface area (Å²) in [5.74, 6) is -0.504. The van der Waals surface area contributed by atoms with Crippen LogP contribution in [0.15, 0.2) is 30.3 Å². The molecular formula is C27H43NO6. The van der Waals surface area contributed by atoms with Crippen LogP contribution >= 0.6 is 0 Å². The third-order valence-electron chi connectivity index (χ3n) is 5.50. The zero-order chi connectivity index (χ0) is 24.7. The van der Waals surface area contributed by atoms with Crippen molar-refractivity contribution < 1.29 is 28.6 Å². The monoisotopic (exact) mass is 477 g/mol. The fraction of sp³-hybridized carbons (Fsp3) is 0.667. The molecular weight excluding hydrogens is 434 g/mol. The number of unbranched alkanes of at least 4 members (excludes halogenated alkanes) is 12. The Balaban J connectivity index is 1.76. The maximum Gasteiger partial charge on any atom is 0.516 e. The Hall–Kier alpha value is -2.57. The van der Waals surface area contributed by atoms with Crippen molar-refractivity contribution in [3.8, 4) is 0 Å². The highest BCUT2D eigenvalue weighted by Gasteiger charge is 2.10. The number of benzene rings is 1. The summed E-state index contributed by atoms with van der Waals surface area (Å²) in [5.41, 5.74) is 0.991. The van der Waals surface area contributed by atoms with Crippen LogP contribution in [0.5, 0.6) is 0 Å². The first kappa shape index (κ1) is 29.5. The lowest BCUT2D eigenvalue weighted by Gasteiger charge is -2.07. The van der Waals surface area contributed by atoms with Gasteiger partial charge in [0.2, 0.25) is 0 Å². The van der Waals surface area contributed by atoms with Gasteiger partial charge in [0.05, 0.1) is 6.61 Å². The molecule has 7 nitrogen and oxygen atoms in total. The van der Waals surface area contributed by atoms with E-state index in [1.165, 1.54) is 51.4 Å². The van der Waals surface area contributed by atoms with E-state index in [1.54, 1.807) is 6.92 Å². The predicted octanol–water partition coefficient (Wildman–Crippen LogP) is 7.07. The standard InChI is InChI=1S/C27H43NO6/c1-2-32-27(31)34-25(29)21-17-12-10-8-6-4-3-5-7-9-11-13-18-22-28-26(30)33-23-24-19-15-14-16-20-24/h14-16,19-20H,2-13,17-18,21-23H2,1H3,(H,28,30). The molecule has 0 aromatic heterocycles. The van der Waals surface area contributed by atoms with Gasteiger partial charge < -0.3 is 19.5 Å². The smallest absolute Gasteiger partial charge is 0.445 e. The zero-order valence-corrected chi connectivity index (χ0v) is 20.9. The summed E-state index contributed by atoms with van der Waals surface area (Å²) in [4.78, 5) is 34.1. The summed E-state index contributed by atoms with van der Waals surface area (Å²) in [6.07, 6.45) is 14.0. The number of alkyl carbamates (subject to hydrolysis) is 1. The van der Waals surface area contributed by atoms with Crippen molar-refractivity contribution in [2.24, 2.45) is 0 Å². The van der Waals surface area contributed by atoms with Gasteiger partial charge in [-0.2, -0.15) is 0 Å². The van der Waals surface area contributed by atoms with Crippen LogP contribution in [0.1, 0.15) is 102 Å². The van der Waals surface area contributed by atoms with Gasteiger partial charge in [0, 0.05) is 13.0 Å². The topological polar surface area (TPSA) is 90.9 Å². The molecule has 1 aromatic rings. The van der Waals surface area contributed by atoms with E-state index in [-0.39, 0.29) is 19.1 Å². The highest BCUT2D eigenvalue weighted by molar-refractivity contribution is 5.81. The molecule has 0 unspecified atom stereocenters. The maximum atomic E-state index is 11.7. The molecule has 0 heterocycles. The molecule has 0 spiro atoms. The van der Waals surface area contributed by atoms with E-state index in [2.05, 4.69) is 14.8 Å². The minimum atomic E-state index is -0.902. The van der Waals surface area contributed by atoms with Crippen molar-refractivity contribution in [2.75, 3.05) is 13.2 Å². The molecule has 1 N–H and O–H groups in total. The van der Waals surface area contributed by atoms with Crippen LogP contribution in [0.4, 0.5) is 9.59 Å². The first-order valence-corrected chi connectivity index (χ1v) is 12.9. The lowest BCUT2D eigenvalue weighted by atomic mass is 10.0. The number of ether oxygens (including phenoxy) is 3. The first-order chi connectivity index (χ1) is 16.6. The van der Waals surface area contributed by atoms with E-state index < -0.39 is 12.1 Å². The van der Waals surface area contributed by atoms with Gasteiger partial charge in [-0.1, -0.05) is 101 Å². The van der Waals surface area contributed by atoms with E-state index in [9.17, 15) is 14.4 Å². The number of esters is 1. The Morgan fingerprint density at radius 1 is 0.706 bits per heavy atom. The van der Waals surface area contributed by atoms with Crippen LogP contribution in [0.3, 0.4) is 0 Å². The van der Waals surface area contributed by atoms with Gasteiger partial charge in [0.25, 0.3) is 0 Å². The average molecular weight is 478 g/mol. The fourth-order valence-corrected chi connectivity index (χ4v) is 3.59. The van der Waals surface area contributed by atoms with Crippen molar-refractivity contribution in [3.05, 3.63) is 35.9 Å². The van der Waals surface area contributed by atoms with E-state index in [0.29, 0.717) is 13.2 Å². The minimum Gasteiger partial charge on any atom is -0.445 e. The van der Waals surface area contributed by atoms with Gasteiger partial charge in [-0.25, -0.2) is 9.59 Å². The van der Waals surface area contributed by atoms with Crippen LogP contribution in [0.25, 0.3) is 0 Å². The Labute approximate surface area is 204 Å². The molecule has 0 fully saturated rings. The molecule has 0 saturated carbocycles. The van der Waals surface area contributed by atoms with Gasteiger partial charge in [0.15, 0.2) is 0 Å². The summed E-state index contributed by atoms with van der Waals surface area (Å²) in [6, 6.07) is 9.68. The van der Waals surface area contributed by atoms with Crippen molar-refractivity contribution in [1.82, 2.24) is 5.32 Å². The number of nitrogens with one attached hydrogen (secondary N) is 1. The number of amides is 1. The predicted molar refractivity (Wildman–Crippen MR) is 132 cm³/mol. The van der Waals surface area contributed by atoms with Gasteiger partial charge in [0.1, 0.15) is 6.61 Å². The Bertz CT molecular complexity index is 664. The number of carbonyl (C=O) groups excluding carboxylic acids is 3. The summed E-state index contributed by atoms with van der Waals surface area (Å²) >= 11 is 0. The number of carbonyl (C=O) groups is 3. The van der Waals surface area contributed by atoms with Crippen molar-refractivity contribution in [3.63, 3.8) is 0 Å². The van der Waals surface area contributed by atoms with E-state index in [1.807, 2.05) is 30.3 Å². The summed E-state index contributed by atoms with van der Waals surface area (Å²) in [5, 5.41) is 2.81. The highest BCUT2D eigenvalue weighted by Crippen LogP contribution is 2.13. The second-order valence-corrected chi connectivity index (χ2v) is 8.49. The van der Waals surface area contributed by atoms with Crippen molar-refractivity contribution in [2.45, 2.75) is 103 Å². The molecule has 34 heavy (non-hydrogen) atoms. The summed E-state index contributed by atoms with van der Waals surface area (Å²) in [6.45, 7) is 2.85. The van der Waals surface area contributed by atoms with E-state index in [0.717, 1.165) is 37.7 Å².